The summed E-state index contributed by atoms with van der Waals surface area (Å²) < 4.78 is 12.9. The first-order valence-electron chi connectivity index (χ1n) is 5.07. The molecule has 1 saturated carbocycles. The maximum Gasteiger partial charge on any atom is 0.269 e. The summed E-state index contributed by atoms with van der Waals surface area (Å²) in [4.78, 5) is 9.94. The van der Waals surface area contributed by atoms with Gasteiger partial charge in [0.2, 0.25) is 0 Å². The molecule has 5 nitrogen and oxygen atoms in total. The molecule has 0 spiro atoms. The SMILES string of the molecule is O=[N+]([O-])c1ccc(NNC2CCC2F)cc1. The maximum absolute atomic E-state index is 12.9. The molecule has 0 bridgehead atoms. The summed E-state index contributed by atoms with van der Waals surface area (Å²) in [5, 5.41) is 10.4. The molecule has 1 fully saturated rings. The fourth-order valence-electron chi connectivity index (χ4n) is 1.46. The van der Waals surface area contributed by atoms with Gasteiger partial charge in [-0.3, -0.25) is 10.1 Å². The predicted molar refractivity (Wildman–Crippen MR) is 57.8 cm³/mol. The lowest BCUT2D eigenvalue weighted by atomic mass is 9.91. The zero-order valence-electron chi connectivity index (χ0n) is 8.52. The molecule has 0 aromatic heterocycles. The fourth-order valence-corrected chi connectivity index (χ4v) is 1.46. The Kier molecular flexibility index (Phi) is 3.00. The second kappa shape index (κ2) is 4.44. The van der Waals surface area contributed by atoms with Crippen molar-refractivity contribution in [2.24, 2.45) is 0 Å². The Labute approximate surface area is 91.8 Å². The van der Waals surface area contributed by atoms with E-state index in [0.29, 0.717) is 12.1 Å². The Morgan fingerprint density at radius 2 is 2.00 bits per heavy atom. The molecule has 16 heavy (non-hydrogen) atoms. The molecule has 1 aliphatic carbocycles. The summed E-state index contributed by atoms with van der Waals surface area (Å²) in [7, 11) is 0. The number of benzene rings is 1. The highest BCUT2D eigenvalue weighted by molar-refractivity contribution is 5.47. The van der Waals surface area contributed by atoms with Crippen LogP contribution in [0.25, 0.3) is 0 Å². The van der Waals surface area contributed by atoms with Crippen molar-refractivity contribution in [3.8, 4) is 0 Å². The van der Waals surface area contributed by atoms with E-state index in [9.17, 15) is 14.5 Å². The number of hydrazine groups is 1. The van der Waals surface area contributed by atoms with Crippen molar-refractivity contribution < 1.29 is 9.31 Å². The number of hydrogen-bond donors (Lipinski definition) is 2. The van der Waals surface area contributed by atoms with E-state index < -0.39 is 11.1 Å². The molecule has 0 saturated heterocycles. The van der Waals surface area contributed by atoms with Crippen LogP contribution in [0.5, 0.6) is 0 Å². The zero-order valence-corrected chi connectivity index (χ0v) is 8.52. The molecule has 6 heteroatoms. The van der Waals surface area contributed by atoms with Gasteiger partial charge in [-0.2, -0.15) is 0 Å². The molecule has 86 valence electrons. The van der Waals surface area contributed by atoms with Gasteiger partial charge in [-0.1, -0.05) is 0 Å². The lowest BCUT2D eigenvalue weighted by molar-refractivity contribution is -0.384. The van der Waals surface area contributed by atoms with E-state index in [2.05, 4.69) is 10.9 Å². The molecule has 0 radical (unpaired) electrons. The molecule has 0 heterocycles. The first kappa shape index (κ1) is 10.8. The van der Waals surface area contributed by atoms with Crippen molar-refractivity contribution in [3.05, 3.63) is 34.4 Å². The largest absolute Gasteiger partial charge is 0.321 e. The molecule has 0 amide bonds. The normalized spacial score (nSPS) is 23.6. The first-order valence-corrected chi connectivity index (χ1v) is 5.07. The van der Waals surface area contributed by atoms with Crippen molar-refractivity contribution in [2.75, 3.05) is 5.43 Å². The van der Waals surface area contributed by atoms with Crippen LogP contribution in [0.2, 0.25) is 0 Å². The topological polar surface area (TPSA) is 67.2 Å². The van der Waals surface area contributed by atoms with Crippen LogP contribution in [-0.2, 0) is 0 Å². The molecule has 2 atom stereocenters. The van der Waals surface area contributed by atoms with Crippen LogP contribution in [0, 0.1) is 10.1 Å². The summed E-state index contributed by atoms with van der Waals surface area (Å²) in [5.41, 5.74) is 6.39. The lowest BCUT2D eigenvalue weighted by Gasteiger charge is -2.31. The van der Waals surface area contributed by atoms with Crippen molar-refractivity contribution in [1.82, 2.24) is 5.43 Å². The van der Waals surface area contributed by atoms with E-state index >= 15 is 0 Å². The second-order valence-corrected chi connectivity index (χ2v) is 3.77. The number of non-ortho nitro benzene ring substituents is 1. The van der Waals surface area contributed by atoms with Gasteiger partial charge in [0.15, 0.2) is 0 Å². The molecule has 1 aromatic rings. The van der Waals surface area contributed by atoms with E-state index in [1.54, 1.807) is 12.1 Å². The van der Waals surface area contributed by atoms with Gasteiger partial charge in [-0.25, -0.2) is 9.82 Å². The van der Waals surface area contributed by atoms with Crippen LogP contribution in [0.15, 0.2) is 24.3 Å². The molecule has 2 N–H and O–H groups in total. The quantitative estimate of drug-likeness (QED) is 0.607. The monoisotopic (exact) mass is 225 g/mol. The Hall–Kier alpha value is -1.69. The van der Waals surface area contributed by atoms with Crippen LogP contribution < -0.4 is 10.9 Å². The smallest absolute Gasteiger partial charge is 0.269 e. The number of anilines is 1. The van der Waals surface area contributed by atoms with Gasteiger partial charge in [0.05, 0.1) is 11.0 Å². The Balaban J connectivity index is 1.87. The highest BCUT2D eigenvalue weighted by atomic mass is 19.1. The van der Waals surface area contributed by atoms with E-state index in [-0.39, 0.29) is 11.7 Å². The highest BCUT2D eigenvalue weighted by Gasteiger charge is 2.30. The van der Waals surface area contributed by atoms with Gasteiger partial charge in [0, 0.05) is 17.8 Å². The number of hydrogen-bond acceptors (Lipinski definition) is 4. The third-order valence-electron chi connectivity index (χ3n) is 2.67. The number of nitrogens with one attached hydrogen (secondary N) is 2. The van der Waals surface area contributed by atoms with E-state index in [1.807, 2.05) is 0 Å². The lowest BCUT2D eigenvalue weighted by Crippen LogP contribution is -2.47. The van der Waals surface area contributed by atoms with Gasteiger partial charge in [-0.05, 0) is 25.0 Å². The van der Waals surface area contributed by atoms with Crippen LogP contribution in [0.4, 0.5) is 15.8 Å². The van der Waals surface area contributed by atoms with Crippen LogP contribution >= 0.6 is 0 Å². The summed E-state index contributed by atoms with van der Waals surface area (Å²) in [6.45, 7) is 0. The molecule has 0 aliphatic heterocycles. The minimum Gasteiger partial charge on any atom is -0.321 e. The van der Waals surface area contributed by atoms with Gasteiger partial charge >= 0.3 is 0 Å². The molecule has 1 aliphatic rings. The summed E-state index contributed by atoms with van der Waals surface area (Å²) in [6.07, 6.45) is 0.603. The third-order valence-corrected chi connectivity index (χ3v) is 2.67. The number of rotatable bonds is 4. The van der Waals surface area contributed by atoms with Crippen molar-refractivity contribution >= 4 is 11.4 Å². The molecule has 2 unspecified atom stereocenters. The number of halogens is 1. The van der Waals surface area contributed by atoms with Crippen LogP contribution in [-0.4, -0.2) is 17.1 Å². The Morgan fingerprint density at radius 3 is 2.44 bits per heavy atom. The number of nitrogens with zero attached hydrogens (tertiary/aromatic N) is 1. The summed E-state index contributed by atoms with van der Waals surface area (Å²) in [6, 6.07) is 5.80. The summed E-state index contributed by atoms with van der Waals surface area (Å²) in [5.74, 6) is 0. The van der Waals surface area contributed by atoms with Crippen molar-refractivity contribution in [2.45, 2.75) is 25.1 Å². The average molecular weight is 225 g/mol. The second-order valence-electron chi connectivity index (χ2n) is 3.77. The van der Waals surface area contributed by atoms with E-state index in [4.69, 9.17) is 0 Å². The van der Waals surface area contributed by atoms with Crippen molar-refractivity contribution in [3.63, 3.8) is 0 Å². The molecular formula is C10H12FN3O2. The molecular weight excluding hydrogens is 213 g/mol. The zero-order chi connectivity index (χ0) is 11.5. The predicted octanol–water partition coefficient (Wildman–Crippen LogP) is 2.01. The van der Waals surface area contributed by atoms with E-state index in [0.717, 1.165) is 6.42 Å². The first-order chi connectivity index (χ1) is 7.66. The standard InChI is InChI=1S/C10H12FN3O2/c11-9-5-6-10(9)13-12-7-1-3-8(4-2-7)14(15)16/h1-4,9-10,12-13H,5-6H2. The molecule has 2 rings (SSSR count). The number of nitro benzene ring substituents is 1. The number of nitro groups is 1. The average Bonchev–Trinajstić information content (AvgIpc) is 2.28. The van der Waals surface area contributed by atoms with Crippen LogP contribution in [0.3, 0.4) is 0 Å². The summed E-state index contributed by atoms with van der Waals surface area (Å²) >= 11 is 0. The minimum atomic E-state index is -0.800. The van der Waals surface area contributed by atoms with Gasteiger partial charge in [0.25, 0.3) is 5.69 Å². The highest BCUT2D eigenvalue weighted by Crippen LogP contribution is 2.23. The Morgan fingerprint density at radius 1 is 1.31 bits per heavy atom. The van der Waals surface area contributed by atoms with Gasteiger partial charge < -0.3 is 5.43 Å². The maximum atomic E-state index is 12.9. The number of alkyl halides is 1. The van der Waals surface area contributed by atoms with Crippen molar-refractivity contribution in [1.29, 1.82) is 0 Å². The third kappa shape index (κ3) is 2.27. The van der Waals surface area contributed by atoms with Crippen LogP contribution in [0.1, 0.15) is 12.8 Å². The van der Waals surface area contributed by atoms with E-state index in [1.165, 1.54) is 12.1 Å². The minimum absolute atomic E-state index is 0.0394. The Bertz CT molecular complexity index is 382. The van der Waals surface area contributed by atoms with Gasteiger partial charge in [0.1, 0.15) is 6.17 Å². The van der Waals surface area contributed by atoms with Gasteiger partial charge in [-0.15, -0.1) is 0 Å². The molecule has 1 aromatic carbocycles. The fraction of sp³-hybridized carbons (Fsp3) is 0.400.